The summed E-state index contributed by atoms with van der Waals surface area (Å²) in [5.41, 5.74) is 5.44. The maximum Gasteiger partial charge on any atom is 0.251 e. The van der Waals surface area contributed by atoms with Crippen molar-refractivity contribution in [2.75, 3.05) is 20.1 Å². The quantitative estimate of drug-likeness (QED) is 0.406. The fraction of sp³-hybridized carbons (Fsp3) is 0.233. The number of rotatable bonds is 6. The van der Waals surface area contributed by atoms with E-state index < -0.39 is 0 Å². The molecule has 1 fully saturated rings. The van der Waals surface area contributed by atoms with Gasteiger partial charge in [0.25, 0.3) is 5.91 Å². The van der Waals surface area contributed by atoms with Crippen molar-refractivity contribution in [1.82, 2.24) is 10.6 Å². The first-order chi connectivity index (χ1) is 16.7. The minimum atomic E-state index is -0.0681. The van der Waals surface area contributed by atoms with Crippen molar-refractivity contribution >= 4 is 16.7 Å². The first-order valence-electron chi connectivity index (χ1n) is 11.9. The number of fused-ring (bicyclic) bond motifs is 1. The number of amides is 1. The van der Waals surface area contributed by atoms with Crippen LogP contribution in [0.5, 0.6) is 0 Å². The summed E-state index contributed by atoms with van der Waals surface area (Å²) in [6.45, 7) is 2.45. The number of benzene rings is 4. The van der Waals surface area contributed by atoms with Crippen molar-refractivity contribution in [3.05, 3.63) is 108 Å². The second kappa shape index (κ2) is 10.2. The molecule has 4 aromatic rings. The van der Waals surface area contributed by atoms with Crippen LogP contribution in [0.1, 0.15) is 33.8 Å². The van der Waals surface area contributed by atoms with Crippen molar-refractivity contribution in [2.24, 2.45) is 0 Å². The summed E-state index contributed by atoms with van der Waals surface area (Å²) in [6, 6.07) is 31.5. The fourth-order valence-electron chi connectivity index (χ4n) is 4.83. The molecule has 0 radical (unpaired) electrons. The van der Waals surface area contributed by atoms with E-state index >= 15 is 0 Å². The molecule has 2 unspecified atom stereocenters. The van der Waals surface area contributed by atoms with E-state index in [2.05, 4.69) is 77.4 Å². The first-order valence-corrected chi connectivity index (χ1v) is 11.9. The largest absolute Gasteiger partial charge is 0.372 e. The number of piperidine rings is 1. The van der Waals surface area contributed by atoms with Crippen LogP contribution in [-0.2, 0) is 11.3 Å². The highest BCUT2D eigenvalue weighted by atomic mass is 16.5. The zero-order chi connectivity index (χ0) is 23.3. The van der Waals surface area contributed by atoms with Gasteiger partial charge in [0.2, 0.25) is 0 Å². The van der Waals surface area contributed by atoms with Crippen LogP contribution in [0, 0.1) is 0 Å². The molecule has 5 rings (SSSR count). The van der Waals surface area contributed by atoms with Crippen LogP contribution in [0.2, 0.25) is 0 Å². The van der Waals surface area contributed by atoms with Crippen LogP contribution in [0.15, 0.2) is 91.0 Å². The second-order valence-electron chi connectivity index (χ2n) is 8.91. The predicted octanol–water partition coefficient (Wildman–Crippen LogP) is 5.53. The monoisotopic (exact) mass is 450 g/mol. The lowest BCUT2D eigenvalue weighted by Gasteiger charge is -2.33. The number of carbonyl (C=O) groups excluding carboxylic acids is 1. The molecule has 0 saturated carbocycles. The summed E-state index contributed by atoms with van der Waals surface area (Å²) in [7, 11) is 1.65. The standard InChI is InChI=1S/C30H30N2O2/c1-31-30(33)24-13-11-23(12-14-24)26-7-4-8-27(18-26)28-15-16-32-19-29(28)34-20-21-9-10-22-5-2-3-6-25(22)17-21/h2-14,17-18,28-29,32H,15-16,19-20H2,1H3,(H,31,33). The molecule has 1 amide bonds. The van der Waals surface area contributed by atoms with Crippen molar-refractivity contribution in [3.63, 3.8) is 0 Å². The third kappa shape index (κ3) is 4.89. The van der Waals surface area contributed by atoms with Crippen LogP contribution >= 0.6 is 0 Å². The summed E-state index contributed by atoms with van der Waals surface area (Å²) in [5, 5.41) is 8.68. The van der Waals surface area contributed by atoms with E-state index in [1.54, 1.807) is 7.05 Å². The van der Waals surface area contributed by atoms with Crippen LogP contribution in [0.3, 0.4) is 0 Å². The Morgan fingerprint density at radius 3 is 2.56 bits per heavy atom. The normalized spacial score (nSPS) is 18.0. The van der Waals surface area contributed by atoms with Gasteiger partial charge in [-0.3, -0.25) is 4.79 Å². The van der Waals surface area contributed by atoms with Gasteiger partial charge in [0.1, 0.15) is 0 Å². The van der Waals surface area contributed by atoms with E-state index in [4.69, 9.17) is 4.74 Å². The highest BCUT2D eigenvalue weighted by molar-refractivity contribution is 5.94. The average Bonchev–Trinajstić information content (AvgIpc) is 2.91. The molecule has 34 heavy (non-hydrogen) atoms. The van der Waals surface area contributed by atoms with E-state index in [9.17, 15) is 4.79 Å². The molecule has 0 aliphatic carbocycles. The lowest BCUT2D eigenvalue weighted by atomic mass is 9.86. The summed E-state index contributed by atoms with van der Waals surface area (Å²) < 4.78 is 6.48. The van der Waals surface area contributed by atoms with Gasteiger partial charge in [-0.25, -0.2) is 0 Å². The maximum absolute atomic E-state index is 11.9. The van der Waals surface area contributed by atoms with E-state index in [1.807, 2.05) is 24.3 Å². The molecular formula is C30H30N2O2. The molecule has 0 bridgehead atoms. The smallest absolute Gasteiger partial charge is 0.251 e. The summed E-state index contributed by atoms with van der Waals surface area (Å²) >= 11 is 0. The molecule has 2 atom stereocenters. The third-order valence-corrected chi connectivity index (χ3v) is 6.73. The molecule has 4 heteroatoms. The summed E-state index contributed by atoms with van der Waals surface area (Å²) in [4.78, 5) is 11.9. The third-order valence-electron chi connectivity index (χ3n) is 6.73. The van der Waals surface area contributed by atoms with Gasteiger partial charge in [0.15, 0.2) is 0 Å². The molecular weight excluding hydrogens is 420 g/mol. The SMILES string of the molecule is CNC(=O)c1ccc(-c2cccc(C3CCNCC3OCc3ccc4ccccc4c3)c2)cc1. The molecule has 172 valence electrons. The van der Waals surface area contributed by atoms with Gasteiger partial charge in [-0.2, -0.15) is 0 Å². The van der Waals surface area contributed by atoms with Gasteiger partial charge in [-0.1, -0.05) is 72.8 Å². The van der Waals surface area contributed by atoms with Crippen LogP contribution in [0.25, 0.3) is 21.9 Å². The number of nitrogens with one attached hydrogen (secondary N) is 2. The van der Waals surface area contributed by atoms with E-state index in [-0.39, 0.29) is 12.0 Å². The minimum Gasteiger partial charge on any atom is -0.372 e. The molecule has 1 heterocycles. The van der Waals surface area contributed by atoms with Crippen molar-refractivity contribution in [3.8, 4) is 11.1 Å². The Kier molecular flexibility index (Phi) is 6.70. The average molecular weight is 451 g/mol. The Bertz CT molecular complexity index is 1280. The van der Waals surface area contributed by atoms with Crippen LogP contribution in [-0.4, -0.2) is 32.1 Å². The molecule has 4 nitrogen and oxygen atoms in total. The molecule has 4 aromatic carbocycles. The van der Waals surface area contributed by atoms with Crippen molar-refractivity contribution < 1.29 is 9.53 Å². The number of ether oxygens (including phenoxy) is 1. The van der Waals surface area contributed by atoms with Gasteiger partial charge < -0.3 is 15.4 Å². The highest BCUT2D eigenvalue weighted by Gasteiger charge is 2.27. The minimum absolute atomic E-state index is 0.0681. The summed E-state index contributed by atoms with van der Waals surface area (Å²) in [6.07, 6.45) is 1.16. The van der Waals surface area contributed by atoms with E-state index in [0.29, 0.717) is 18.1 Å². The van der Waals surface area contributed by atoms with E-state index in [1.165, 1.54) is 21.9 Å². The summed E-state index contributed by atoms with van der Waals surface area (Å²) in [5.74, 6) is 0.271. The zero-order valence-corrected chi connectivity index (χ0v) is 19.5. The fourth-order valence-corrected chi connectivity index (χ4v) is 4.83. The Morgan fingerprint density at radius 2 is 1.74 bits per heavy atom. The van der Waals surface area contributed by atoms with E-state index in [0.717, 1.165) is 30.6 Å². The maximum atomic E-state index is 11.9. The van der Waals surface area contributed by atoms with Crippen molar-refractivity contribution in [1.29, 1.82) is 0 Å². The van der Waals surface area contributed by atoms with Crippen molar-refractivity contribution in [2.45, 2.75) is 25.0 Å². The molecule has 2 N–H and O–H groups in total. The predicted molar refractivity (Wildman–Crippen MR) is 138 cm³/mol. The van der Waals surface area contributed by atoms with Crippen LogP contribution in [0.4, 0.5) is 0 Å². The molecule has 1 saturated heterocycles. The molecule has 0 spiro atoms. The Morgan fingerprint density at radius 1 is 0.912 bits per heavy atom. The number of hydrogen-bond donors (Lipinski definition) is 2. The Balaban J connectivity index is 1.32. The topological polar surface area (TPSA) is 50.4 Å². The van der Waals surface area contributed by atoms with Gasteiger partial charge in [-0.15, -0.1) is 0 Å². The van der Waals surface area contributed by atoms with Crippen LogP contribution < -0.4 is 10.6 Å². The Labute approximate surface area is 201 Å². The second-order valence-corrected chi connectivity index (χ2v) is 8.91. The number of carbonyl (C=O) groups is 1. The van der Waals surface area contributed by atoms with Gasteiger partial charge >= 0.3 is 0 Å². The lowest BCUT2D eigenvalue weighted by molar-refractivity contribution is 0.0107. The zero-order valence-electron chi connectivity index (χ0n) is 19.5. The molecule has 1 aliphatic rings. The van der Waals surface area contributed by atoms with Gasteiger partial charge in [0.05, 0.1) is 12.7 Å². The first kappa shape index (κ1) is 22.3. The van der Waals surface area contributed by atoms with Gasteiger partial charge in [0, 0.05) is 25.1 Å². The Hall–Kier alpha value is -3.47. The molecule has 1 aliphatic heterocycles. The van der Waals surface area contributed by atoms with Gasteiger partial charge in [-0.05, 0) is 64.2 Å². The highest BCUT2D eigenvalue weighted by Crippen LogP contribution is 2.31. The lowest BCUT2D eigenvalue weighted by Crippen LogP contribution is -2.41. The number of hydrogen-bond acceptors (Lipinski definition) is 3. The molecule has 0 aromatic heterocycles.